The summed E-state index contributed by atoms with van der Waals surface area (Å²) in [6.45, 7) is 6.09. The first-order valence-electron chi connectivity index (χ1n) is 6.27. The third-order valence-electron chi connectivity index (χ3n) is 2.72. The molecule has 5 heteroatoms. The van der Waals surface area contributed by atoms with Gasteiger partial charge in [0.1, 0.15) is 9.84 Å². The van der Waals surface area contributed by atoms with E-state index in [2.05, 4.69) is 47.2 Å². The van der Waals surface area contributed by atoms with Gasteiger partial charge in [0.2, 0.25) is 0 Å². The van der Waals surface area contributed by atoms with Crippen molar-refractivity contribution in [1.82, 2.24) is 5.32 Å². The van der Waals surface area contributed by atoms with E-state index in [1.807, 2.05) is 19.1 Å². The zero-order chi connectivity index (χ0) is 14.7. The van der Waals surface area contributed by atoms with Crippen LogP contribution in [0.3, 0.4) is 0 Å². The molecule has 0 aliphatic rings. The van der Waals surface area contributed by atoms with E-state index in [1.165, 1.54) is 11.8 Å². The van der Waals surface area contributed by atoms with Crippen molar-refractivity contribution in [3.63, 3.8) is 0 Å². The summed E-state index contributed by atoms with van der Waals surface area (Å²) in [6, 6.07) is 8.11. The van der Waals surface area contributed by atoms with Crippen LogP contribution in [0.4, 0.5) is 0 Å². The van der Waals surface area contributed by atoms with E-state index in [1.54, 1.807) is 0 Å². The highest BCUT2D eigenvalue weighted by Gasteiger charge is 2.22. The van der Waals surface area contributed by atoms with Crippen LogP contribution in [0.25, 0.3) is 0 Å². The molecule has 0 saturated heterocycles. The monoisotopic (exact) mass is 347 g/mol. The third-order valence-corrected chi connectivity index (χ3v) is 4.32. The second kappa shape index (κ2) is 6.37. The summed E-state index contributed by atoms with van der Waals surface area (Å²) >= 11 is 3.46. The lowest BCUT2D eigenvalue weighted by Gasteiger charge is -2.30. The predicted molar refractivity (Wildman–Crippen MR) is 84.2 cm³/mol. The Labute approximate surface area is 124 Å². The van der Waals surface area contributed by atoms with Crippen molar-refractivity contribution in [1.29, 1.82) is 0 Å². The lowest BCUT2D eigenvalue weighted by atomic mass is 9.94. The first kappa shape index (κ1) is 16.7. The zero-order valence-corrected chi connectivity index (χ0v) is 14.3. The Bertz CT molecular complexity index is 526. The Morgan fingerprint density at radius 1 is 1.37 bits per heavy atom. The normalized spacial score (nSPS) is 14.4. The number of rotatable bonds is 6. The lowest BCUT2D eigenvalue weighted by molar-refractivity contribution is 0.353. The lowest BCUT2D eigenvalue weighted by Crippen LogP contribution is -2.48. The minimum Gasteiger partial charge on any atom is -0.308 e. The van der Waals surface area contributed by atoms with E-state index in [9.17, 15) is 8.42 Å². The molecular formula is C14H22BrNO2S. The summed E-state index contributed by atoms with van der Waals surface area (Å²) in [7, 11) is -2.95. The van der Waals surface area contributed by atoms with Gasteiger partial charge in [0.15, 0.2) is 0 Å². The number of hydrogen-bond donors (Lipinski definition) is 1. The van der Waals surface area contributed by atoms with Gasteiger partial charge in [0.25, 0.3) is 0 Å². The van der Waals surface area contributed by atoms with Crippen LogP contribution in [0, 0.1) is 0 Å². The fourth-order valence-corrected chi connectivity index (χ4v) is 3.81. The number of sulfone groups is 1. The van der Waals surface area contributed by atoms with E-state index in [4.69, 9.17) is 0 Å². The molecule has 0 aliphatic heterocycles. The van der Waals surface area contributed by atoms with Crippen molar-refractivity contribution in [3.05, 3.63) is 34.3 Å². The molecule has 108 valence electrons. The Kier molecular flexibility index (Phi) is 5.59. The molecule has 3 nitrogen and oxygen atoms in total. The van der Waals surface area contributed by atoms with Crippen LogP contribution in [-0.4, -0.2) is 32.0 Å². The van der Waals surface area contributed by atoms with Crippen LogP contribution in [0.1, 0.15) is 26.3 Å². The Balaban J connectivity index is 2.66. The first-order chi connectivity index (χ1) is 8.57. The molecule has 1 atom stereocenters. The Morgan fingerprint density at radius 2 is 2.00 bits per heavy atom. The van der Waals surface area contributed by atoms with Gasteiger partial charge in [-0.2, -0.15) is 0 Å². The van der Waals surface area contributed by atoms with Gasteiger partial charge in [-0.15, -0.1) is 0 Å². The summed E-state index contributed by atoms with van der Waals surface area (Å²) in [5.41, 5.74) is 1.07. The molecule has 0 heterocycles. The minimum absolute atomic E-state index is 0.0582. The van der Waals surface area contributed by atoms with Crippen molar-refractivity contribution in [2.75, 3.05) is 12.0 Å². The van der Waals surface area contributed by atoms with E-state index in [-0.39, 0.29) is 17.3 Å². The molecule has 0 radical (unpaired) electrons. The molecule has 0 bridgehead atoms. The third kappa shape index (κ3) is 7.09. The maximum absolute atomic E-state index is 11.3. The molecule has 0 aliphatic carbocycles. The Hall–Kier alpha value is -0.390. The van der Waals surface area contributed by atoms with Crippen molar-refractivity contribution < 1.29 is 8.42 Å². The largest absolute Gasteiger partial charge is 0.308 e. The van der Waals surface area contributed by atoms with Crippen LogP contribution >= 0.6 is 15.9 Å². The predicted octanol–water partition coefficient (Wildman–Crippen LogP) is 2.79. The molecule has 1 N–H and O–H groups in total. The van der Waals surface area contributed by atoms with Crippen molar-refractivity contribution >= 4 is 25.8 Å². The zero-order valence-electron chi connectivity index (χ0n) is 11.9. The summed E-state index contributed by atoms with van der Waals surface area (Å²) in [4.78, 5) is 0. The van der Waals surface area contributed by atoms with Gasteiger partial charge in [0, 0.05) is 22.3 Å². The maximum Gasteiger partial charge on any atom is 0.148 e. The topological polar surface area (TPSA) is 46.2 Å². The molecule has 0 spiro atoms. The molecule has 19 heavy (non-hydrogen) atoms. The second-order valence-corrected chi connectivity index (χ2v) is 8.93. The van der Waals surface area contributed by atoms with Crippen molar-refractivity contribution in [3.8, 4) is 0 Å². The number of hydrogen-bond acceptors (Lipinski definition) is 3. The number of benzene rings is 1. The summed E-state index contributed by atoms with van der Waals surface area (Å²) in [5.74, 6) is 0.162. The minimum atomic E-state index is -2.95. The SMILES string of the molecule is C[C@H](CS(C)(=O)=O)NC(C)(C)Cc1cccc(Br)c1. The van der Waals surface area contributed by atoms with E-state index < -0.39 is 9.84 Å². The highest BCUT2D eigenvalue weighted by molar-refractivity contribution is 9.10. The quantitative estimate of drug-likeness (QED) is 0.860. The molecule has 1 aromatic carbocycles. The molecule has 0 unspecified atom stereocenters. The molecule has 0 amide bonds. The van der Waals surface area contributed by atoms with Gasteiger partial charge >= 0.3 is 0 Å². The van der Waals surface area contributed by atoms with Crippen LogP contribution < -0.4 is 5.32 Å². The summed E-state index contributed by atoms with van der Waals surface area (Å²) < 4.78 is 23.6. The molecular weight excluding hydrogens is 326 g/mol. The smallest absolute Gasteiger partial charge is 0.148 e. The maximum atomic E-state index is 11.3. The van der Waals surface area contributed by atoms with Crippen LogP contribution in [0.2, 0.25) is 0 Å². The van der Waals surface area contributed by atoms with Gasteiger partial charge in [-0.1, -0.05) is 28.1 Å². The molecule has 1 aromatic rings. The van der Waals surface area contributed by atoms with Gasteiger partial charge in [-0.25, -0.2) is 8.42 Å². The summed E-state index contributed by atoms with van der Waals surface area (Å²) in [5, 5.41) is 3.39. The highest BCUT2D eigenvalue weighted by atomic mass is 79.9. The van der Waals surface area contributed by atoms with Gasteiger partial charge in [-0.05, 0) is 44.9 Å². The fraction of sp³-hybridized carbons (Fsp3) is 0.571. The van der Waals surface area contributed by atoms with Gasteiger partial charge in [0.05, 0.1) is 5.75 Å². The number of nitrogens with one attached hydrogen (secondary N) is 1. The summed E-state index contributed by atoms with van der Waals surface area (Å²) in [6.07, 6.45) is 2.12. The average Bonchev–Trinajstić information content (AvgIpc) is 2.11. The van der Waals surface area contributed by atoms with E-state index in [0.717, 1.165) is 10.9 Å². The standard InChI is InChI=1S/C14H22BrNO2S/c1-11(10-19(4,17)18)16-14(2,3)9-12-6-5-7-13(15)8-12/h5-8,11,16H,9-10H2,1-4H3/t11-/m1/s1. The Morgan fingerprint density at radius 3 is 2.53 bits per heavy atom. The van der Waals surface area contributed by atoms with Crippen molar-refractivity contribution in [2.24, 2.45) is 0 Å². The van der Waals surface area contributed by atoms with E-state index in [0.29, 0.717) is 0 Å². The van der Waals surface area contributed by atoms with Gasteiger partial charge in [-0.3, -0.25) is 0 Å². The van der Waals surface area contributed by atoms with Crippen LogP contribution in [-0.2, 0) is 16.3 Å². The molecule has 0 fully saturated rings. The van der Waals surface area contributed by atoms with Crippen LogP contribution in [0.15, 0.2) is 28.7 Å². The number of halogens is 1. The molecule has 1 rings (SSSR count). The fourth-order valence-electron chi connectivity index (χ4n) is 2.37. The second-order valence-electron chi connectivity index (χ2n) is 5.83. The molecule has 0 saturated carbocycles. The molecule has 0 aromatic heterocycles. The van der Waals surface area contributed by atoms with E-state index >= 15 is 0 Å². The van der Waals surface area contributed by atoms with Crippen molar-refractivity contribution in [2.45, 2.75) is 38.8 Å². The average molecular weight is 348 g/mol. The van der Waals surface area contributed by atoms with Gasteiger partial charge < -0.3 is 5.32 Å². The first-order valence-corrected chi connectivity index (χ1v) is 9.13. The highest BCUT2D eigenvalue weighted by Crippen LogP contribution is 2.17. The van der Waals surface area contributed by atoms with Crippen LogP contribution in [0.5, 0.6) is 0 Å².